The van der Waals surface area contributed by atoms with E-state index in [-0.39, 0.29) is 0 Å². The van der Waals surface area contributed by atoms with Crippen molar-refractivity contribution in [2.24, 2.45) is 5.92 Å². The summed E-state index contributed by atoms with van der Waals surface area (Å²) in [6.07, 6.45) is 11.2. The molecular weight excluding hydrogens is 336 g/mol. The van der Waals surface area contributed by atoms with Crippen molar-refractivity contribution in [1.82, 2.24) is 15.0 Å². The number of aryl methyl sites for hydroxylation is 1. The normalized spacial score (nSPS) is 15.4. The van der Waals surface area contributed by atoms with Gasteiger partial charge >= 0.3 is 0 Å². The summed E-state index contributed by atoms with van der Waals surface area (Å²) in [4.78, 5) is 15.3. The Bertz CT molecular complexity index is 639. The number of halogens is 1. The second-order valence-corrected chi connectivity index (χ2v) is 6.87. The highest BCUT2D eigenvalue weighted by Gasteiger charge is 2.20. The van der Waals surface area contributed by atoms with E-state index < -0.39 is 0 Å². The van der Waals surface area contributed by atoms with E-state index in [0.29, 0.717) is 5.15 Å². The molecule has 0 saturated carbocycles. The molecule has 0 amide bonds. The van der Waals surface area contributed by atoms with E-state index in [2.05, 4.69) is 26.8 Å². The Hall–Kier alpha value is -1.88. The Morgan fingerprint density at radius 3 is 2.52 bits per heavy atom. The van der Waals surface area contributed by atoms with Gasteiger partial charge in [0, 0.05) is 25.5 Å². The number of ether oxygens (including phenoxy) is 1. The maximum Gasteiger partial charge on any atom is 0.225 e. The molecule has 0 radical (unpaired) electrons. The van der Waals surface area contributed by atoms with Crippen LogP contribution in [-0.2, 0) is 6.42 Å². The third-order valence-corrected chi connectivity index (χ3v) is 4.95. The maximum atomic E-state index is 5.77. The number of rotatable bonds is 7. The summed E-state index contributed by atoms with van der Waals surface area (Å²) in [6, 6.07) is 3.61. The Morgan fingerprint density at radius 1 is 1.12 bits per heavy atom. The van der Waals surface area contributed by atoms with Crippen molar-refractivity contribution in [3.05, 3.63) is 41.4 Å². The van der Waals surface area contributed by atoms with Crippen molar-refractivity contribution in [3.8, 4) is 5.75 Å². The van der Waals surface area contributed by atoms with Crippen LogP contribution in [0.4, 0.5) is 5.95 Å². The van der Waals surface area contributed by atoms with E-state index >= 15 is 0 Å². The van der Waals surface area contributed by atoms with Crippen LogP contribution in [0.5, 0.6) is 5.75 Å². The molecule has 6 heteroatoms. The largest absolute Gasteiger partial charge is 0.492 e. The molecule has 3 rings (SSSR count). The van der Waals surface area contributed by atoms with E-state index in [0.717, 1.165) is 50.2 Å². The summed E-state index contributed by atoms with van der Waals surface area (Å²) in [6.45, 7) is 4.93. The van der Waals surface area contributed by atoms with Crippen LogP contribution in [-0.4, -0.2) is 34.6 Å². The van der Waals surface area contributed by atoms with Crippen molar-refractivity contribution in [2.75, 3.05) is 24.6 Å². The highest BCUT2D eigenvalue weighted by Crippen LogP contribution is 2.24. The van der Waals surface area contributed by atoms with Crippen molar-refractivity contribution in [1.29, 1.82) is 0 Å². The third kappa shape index (κ3) is 5.30. The molecule has 25 heavy (non-hydrogen) atoms. The first-order valence-electron chi connectivity index (χ1n) is 9.05. The fraction of sp³-hybridized carbons (Fsp3) is 0.526. The molecule has 1 aliphatic rings. The first kappa shape index (κ1) is 17.9. The number of pyridine rings is 1. The topological polar surface area (TPSA) is 51.1 Å². The molecule has 5 nitrogen and oxygen atoms in total. The Kier molecular flexibility index (Phi) is 6.45. The minimum Gasteiger partial charge on any atom is -0.492 e. The molecule has 2 aromatic rings. The maximum absolute atomic E-state index is 5.77. The SMILES string of the molecule is CCc1cnc(N2CCC(CCCOc3ccc(Cl)nc3)CC2)nc1. The average Bonchev–Trinajstić information content (AvgIpc) is 2.67. The lowest BCUT2D eigenvalue weighted by molar-refractivity contribution is 0.278. The zero-order chi connectivity index (χ0) is 17.5. The first-order valence-corrected chi connectivity index (χ1v) is 9.42. The molecule has 0 aliphatic carbocycles. The van der Waals surface area contributed by atoms with Crippen molar-refractivity contribution >= 4 is 17.5 Å². The minimum atomic E-state index is 0.493. The van der Waals surface area contributed by atoms with Crippen LogP contribution in [0.25, 0.3) is 0 Å². The van der Waals surface area contributed by atoms with Gasteiger partial charge in [0.2, 0.25) is 5.95 Å². The lowest BCUT2D eigenvalue weighted by atomic mass is 9.92. The van der Waals surface area contributed by atoms with Crippen molar-refractivity contribution < 1.29 is 4.74 Å². The van der Waals surface area contributed by atoms with Gasteiger partial charge in [-0.15, -0.1) is 0 Å². The molecular formula is C19H25ClN4O. The van der Waals surface area contributed by atoms with Crippen LogP contribution in [0, 0.1) is 5.92 Å². The van der Waals surface area contributed by atoms with Gasteiger partial charge in [-0.2, -0.15) is 0 Å². The summed E-state index contributed by atoms with van der Waals surface area (Å²) >= 11 is 5.77. The molecule has 1 fully saturated rings. The molecule has 0 bridgehead atoms. The lowest BCUT2D eigenvalue weighted by Crippen LogP contribution is -2.35. The van der Waals surface area contributed by atoms with Gasteiger partial charge in [-0.05, 0) is 55.7 Å². The Labute approximate surface area is 154 Å². The first-order chi connectivity index (χ1) is 12.2. The number of anilines is 1. The Balaban J connectivity index is 1.35. The molecule has 0 spiro atoms. The van der Waals surface area contributed by atoms with Gasteiger partial charge in [0.25, 0.3) is 0 Å². The molecule has 0 unspecified atom stereocenters. The monoisotopic (exact) mass is 360 g/mol. The molecule has 134 valence electrons. The van der Waals surface area contributed by atoms with Gasteiger partial charge in [0.15, 0.2) is 0 Å². The van der Waals surface area contributed by atoms with E-state index in [1.165, 1.54) is 24.8 Å². The summed E-state index contributed by atoms with van der Waals surface area (Å²) < 4.78 is 5.71. The van der Waals surface area contributed by atoms with Crippen LogP contribution in [0.1, 0.15) is 38.2 Å². The van der Waals surface area contributed by atoms with Gasteiger partial charge in [0.1, 0.15) is 10.9 Å². The third-order valence-electron chi connectivity index (χ3n) is 4.72. The number of aromatic nitrogens is 3. The molecule has 0 atom stereocenters. The fourth-order valence-electron chi connectivity index (χ4n) is 3.13. The van der Waals surface area contributed by atoms with E-state index in [4.69, 9.17) is 16.3 Å². The highest BCUT2D eigenvalue weighted by molar-refractivity contribution is 6.29. The molecule has 1 aliphatic heterocycles. The van der Waals surface area contributed by atoms with E-state index in [1.807, 2.05) is 18.5 Å². The number of hydrogen-bond acceptors (Lipinski definition) is 5. The van der Waals surface area contributed by atoms with E-state index in [1.54, 1.807) is 12.3 Å². The van der Waals surface area contributed by atoms with Crippen LogP contribution in [0.2, 0.25) is 5.15 Å². The molecule has 2 aromatic heterocycles. The molecule has 1 saturated heterocycles. The van der Waals surface area contributed by atoms with Crippen LogP contribution in [0.3, 0.4) is 0 Å². The van der Waals surface area contributed by atoms with Crippen LogP contribution in [0.15, 0.2) is 30.7 Å². The van der Waals surface area contributed by atoms with E-state index in [9.17, 15) is 0 Å². The van der Waals surface area contributed by atoms with Crippen molar-refractivity contribution in [3.63, 3.8) is 0 Å². The second-order valence-electron chi connectivity index (χ2n) is 6.48. The van der Waals surface area contributed by atoms with Gasteiger partial charge in [0.05, 0.1) is 12.8 Å². The zero-order valence-electron chi connectivity index (χ0n) is 14.7. The standard InChI is InChI=1S/C19H25ClN4O/c1-2-15-12-22-19(23-13-15)24-9-7-16(8-10-24)4-3-11-25-17-5-6-18(20)21-14-17/h5-6,12-14,16H,2-4,7-11H2,1H3. The van der Waals surface area contributed by atoms with Crippen LogP contribution < -0.4 is 9.64 Å². The number of piperidine rings is 1. The lowest BCUT2D eigenvalue weighted by Gasteiger charge is -2.32. The predicted octanol–water partition coefficient (Wildman–Crippen LogP) is 4.16. The number of nitrogens with zero attached hydrogens (tertiary/aromatic N) is 4. The smallest absolute Gasteiger partial charge is 0.225 e. The fourth-order valence-corrected chi connectivity index (χ4v) is 3.24. The van der Waals surface area contributed by atoms with Gasteiger partial charge in [-0.1, -0.05) is 18.5 Å². The molecule has 3 heterocycles. The quantitative estimate of drug-likeness (QED) is 0.548. The highest BCUT2D eigenvalue weighted by atomic mass is 35.5. The second kappa shape index (κ2) is 8.99. The van der Waals surface area contributed by atoms with Crippen LogP contribution >= 0.6 is 11.6 Å². The van der Waals surface area contributed by atoms with Gasteiger partial charge in [-0.25, -0.2) is 15.0 Å². The van der Waals surface area contributed by atoms with Gasteiger partial charge < -0.3 is 9.64 Å². The molecule has 0 aromatic carbocycles. The summed E-state index contributed by atoms with van der Waals surface area (Å²) in [5.41, 5.74) is 1.19. The Morgan fingerprint density at radius 2 is 1.88 bits per heavy atom. The summed E-state index contributed by atoms with van der Waals surface area (Å²) in [5.74, 6) is 2.42. The minimum absolute atomic E-state index is 0.493. The van der Waals surface area contributed by atoms with Gasteiger partial charge in [-0.3, -0.25) is 0 Å². The van der Waals surface area contributed by atoms with Crippen molar-refractivity contribution in [2.45, 2.75) is 39.0 Å². The molecule has 0 N–H and O–H groups in total. The predicted molar refractivity (Wildman–Crippen MR) is 100 cm³/mol. The average molecular weight is 361 g/mol. The number of hydrogen-bond donors (Lipinski definition) is 0. The summed E-state index contributed by atoms with van der Waals surface area (Å²) in [7, 11) is 0. The summed E-state index contributed by atoms with van der Waals surface area (Å²) in [5, 5.41) is 0.493. The zero-order valence-corrected chi connectivity index (χ0v) is 15.5.